The number of aromatic nitrogens is 4. The van der Waals surface area contributed by atoms with E-state index in [2.05, 4.69) is 23.8 Å². The number of nitrogens with zero attached hydrogens (tertiary/aromatic N) is 4. The Morgan fingerprint density at radius 2 is 0.968 bits per heavy atom. The second-order valence-electron chi connectivity index (χ2n) is 7.39. The molecule has 0 fully saturated rings. The quantitative estimate of drug-likeness (QED) is 0.278. The molecule has 0 aliphatic heterocycles. The van der Waals surface area contributed by atoms with Crippen LogP contribution >= 0.6 is 46.4 Å². The SMILES string of the molecule is CC(C)(c1cccc(-c2ccc(Cl)nc2Cl)n1)c1cccc(-c2ccc(Cl)nc2Cl)n1. The Hall–Kier alpha value is -2.24. The van der Waals surface area contributed by atoms with E-state index in [0.717, 1.165) is 11.4 Å². The lowest BCUT2D eigenvalue weighted by atomic mass is 9.84. The van der Waals surface area contributed by atoms with Gasteiger partial charge in [0.1, 0.15) is 20.6 Å². The average Bonchev–Trinajstić information content (AvgIpc) is 2.74. The van der Waals surface area contributed by atoms with Gasteiger partial charge in [0, 0.05) is 16.5 Å². The van der Waals surface area contributed by atoms with Crippen LogP contribution in [0.2, 0.25) is 20.6 Å². The molecular formula is C23H16Cl4N4. The second-order valence-corrected chi connectivity index (χ2v) is 8.88. The molecule has 4 heterocycles. The van der Waals surface area contributed by atoms with Gasteiger partial charge in [-0.05, 0) is 62.4 Å². The lowest BCUT2D eigenvalue weighted by molar-refractivity contribution is 0.597. The molecule has 0 saturated heterocycles. The molecule has 0 bridgehead atoms. The van der Waals surface area contributed by atoms with Crippen molar-refractivity contribution in [2.75, 3.05) is 0 Å². The van der Waals surface area contributed by atoms with E-state index in [0.29, 0.717) is 43.1 Å². The van der Waals surface area contributed by atoms with Gasteiger partial charge in [-0.25, -0.2) is 9.97 Å². The molecule has 0 unspecified atom stereocenters. The molecular weight excluding hydrogens is 474 g/mol. The maximum absolute atomic E-state index is 6.29. The Kier molecular flexibility index (Phi) is 6.18. The summed E-state index contributed by atoms with van der Waals surface area (Å²) in [7, 11) is 0. The minimum atomic E-state index is -0.495. The first kappa shape index (κ1) is 22.0. The maximum Gasteiger partial charge on any atom is 0.140 e. The molecule has 0 aliphatic rings. The van der Waals surface area contributed by atoms with Crippen molar-refractivity contribution in [1.29, 1.82) is 0 Å². The standard InChI is InChI=1S/C23H16Cl4N4/c1-23(2,17-7-3-5-15(28-17)13-9-11-19(24)30-21(13)26)18-8-4-6-16(29-18)14-10-12-20(25)31-22(14)27/h3-12H,1-2H3. The largest absolute Gasteiger partial charge is 0.252 e. The van der Waals surface area contributed by atoms with Gasteiger partial charge in [-0.1, -0.05) is 58.5 Å². The van der Waals surface area contributed by atoms with Crippen molar-refractivity contribution >= 4 is 46.4 Å². The molecule has 8 heteroatoms. The zero-order valence-electron chi connectivity index (χ0n) is 16.6. The van der Waals surface area contributed by atoms with Gasteiger partial charge < -0.3 is 0 Å². The molecule has 4 aromatic heterocycles. The van der Waals surface area contributed by atoms with Gasteiger partial charge in [-0.15, -0.1) is 0 Å². The Morgan fingerprint density at radius 1 is 0.548 bits per heavy atom. The average molecular weight is 490 g/mol. The number of halogens is 4. The molecule has 0 saturated carbocycles. The molecule has 0 spiro atoms. The smallest absolute Gasteiger partial charge is 0.140 e. The summed E-state index contributed by atoms with van der Waals surface area (Å²) >= 11 is 24.4. The van der Waals surface area contributed by atoms with E-state index in [4.69, 9.17) is 56.4 Å². The van der Waals surface area contributed by atoms with Crippen LogP contribution in [0.4, 0.5) is 0 Å². The lowest BCUT2D eigenvalue weighted by Gasteiger charge is -2.25. The summed E-state index contributed by atoms with van der Waals surface area (Å²) in [6, 6.07) is 18.6. The first-order chi connectivity index (χ1) is 14.8. The van der Waals surface area contributed by atoms with Gasteiger partial charge in [0.05, 0.1) is 22.8 Å². The van der Waals surface area contributed by atoms with Crippen LogP contribution in [0.1, 0.15) is 25.2 Å². The lowest BCUT2D eigenvalue weighted by Crippen LogP contribution is -2.22. The Labute approximate surface area is 200 Å². The van der Waals surface area contributed by atoms with E-state index in [1.165, 1.54) is 0 Å². The molecule has 0 amide bonds. The highest BCUT2D eigenvalue weighted by Gasteiger charge is 2.27. The highest BCUT2D eigenvalue weighted by atomic mass is 35.5. The maximum atomic E-state index is 6.29. The molecule has 0 N–H and O–H groups in total. The van der Waals surface area contributed by atoms with E-state index >= 15 is 0 Å². The molecule has 0 aromatic carbocycles. The van der Waals surface area contributed by atoms with Gasteiger partial charge in [0.2, 0.25) is 0 Å². The third-order valence-corrected chi connectivity index (χ3v) is 5.96. The van der Waals surface area contributed by atoms with Gasteiger partial charge in [0.15, 0.2) is 0 Å². The predicted octanol–water partition coefficient (Wildman–Crippen LogP) is 7.54. The topological polar surface area (TPSA) is 51.6 Å². The fraction of sp³-hybridized carbons (Fsp3) is 0.130. The zero-order valence-corrected chi connectivity index (χ0v) is 19.6. The predicted molar refractivity (Wildman–Crippen MR) is 127 cm³/mol. The van der Waals surface area contributed by atoms with Gasteiger partial charge in [0.25, 0.3) is 0 Å². The Bertz CT molecular complexity index is 1180. The molecule has 0 radical (unpaired) electrons. The number of pyridine rings is 4. The van der Waals surface area contributed by atoms with Crippen LogP contribution in [0.15, 0.2) is 60.7 Å². The molecule has 4 nitrogen and oxygen atoms in total. The zero-order chi connectivity index (χ0) is 22.2. The molecule has 0 atom stereocenters. The number of hydrogen-bond donors (Lipinski definition) is 0. The van der Waals surface area contributed by atoms with E-state index in [1.54, 1.807) is 12.1 Å². The minimum absolute atomic E-state index is 0.306. The third-order valence-electron chi connectivity index (χ3n) is 4.96. The Morgan fingerprint density at radius 3 is 1.35 bits per heavy atom. The molecule has 0 aliphatic carbocycles. The number of hydrogen-bond acceptors (Lipinski definition) is 4. The van der Waals surface area contributed by atoms with Crippen molar-refractivity contribution in [3.8, 4) is 22.5 Å². The molecule has 156 valence electrons. The van der Waals surface area contributed by atoms with Crippen LogP contribution in [-0.2, 0) is 5.41 Å². The summed E-state index contributed by atoms with van der Waals surface area (Å²) in [6.45, 7) is 4.13. The summed E-state index contributed by atoms with van der Waals surface area (Å²) in [5.74, 6) is 0. The van der Waals surface area contributed by atoms with Crippen molar-refractivity contribution in [2.45, 2.75) is 19.3 Å². The van der Waals surface area contributed by atoms with Crippen molar-refractivity contribution in [3.63, 3.8) is 0 Å². The summed E-state index contributed by atoms with van der Waals surface area (Å²) in [6.07, 6.45) is 0. The third kappa shape index (κ3) is 4.53. The molecule has 4 aromatic rings. The van der Waals surface area contributed by atoms with E-state index in [9.17, 15) is 0 Å². The van der Waals surface area contributed by atoms with Crippen LogP contribution in [0, 0.1) is 0 Å². The first-order valence-electron chi connectivity index (χ1n) is 9.35. The van der Waals surface area contributed by atoms with E-state index in [1.807, 2.05) is 48.5 Å². The highest BCUT2D eigenvalue weighted by molar-refractivity contribution is 6.34. The van der Waals surface area contributed by atoms with Gasteiger partial charge in [-0.2, -0.15) is 0 Å². The normalized spacial score (nSPS) is 11.5. The van der Waals surface area contributed by atoms with Crippen LogP contribution in [-0.4, -0.2) is 19.9 Å². The summed E-state index contributed by atoms with van der Waals surface area (Å²) in [5.41, 5.74) is 4.02. The summed E-state index contributed by atoms with van der Waals surface area (Å²) < 4.78 is 0. The fourth-order valence-corrected chi connectivity index (χ4v) is 4.09. The summed E-state index contributed by atoms with van der Waals surface area (Å²) in [5, 5.41) is 1.28. The number of rotatable bonds is 4. The monoisotopic (exact) mass is 488 g/mol. The molecule has 4 rings (SSSR count). The molecule has 31 heavy (non-hydrogen) atoms. The minimum Gasteiger partial charge on any atom is -0.252 e. The van der Waals surface area contributed by atoms with Crippen LogP contribution in [0.3, 0.4) is 0 Å². The van der Waals surface area contributed by atoms with Crippen molar-refractivity contribution in [3.05, 3.63) is 92.7 Å². The van der Waals surface area contributed by atoms with Gasteiger partial charge >= 0.3 is 0 Å². The van der Waals surface area contributed by atoms with Crippen molar-refractivity contribution < 1.29 is 0 Å². The van der Waals surface area contributed by atoms with E-state index < -0.39 is 5.41 Å². The first-order valence-corrected chi connectivity index (χ1v) is 10.9. The van der Waals surface area contributed by atoms with E-state index in [-0.39, 0.29) is 0 Å². The van der Waals surface area contributed by atoms with Crippen molar-refractivity contribution in [2.24, 2.45) is 0 Å². The Balaban J connectivity index is 1.75. The van der Waals surface area contributed by atoms with Crippen LogP contribution in [0.5, 0.6) is 0 Å². The van der Waals surface area contributed by atoms with Crippen LogP contribution in [0.25, 0.3) is 22.5 Å². The van der Waals surface area contributed by atoms with Crippen LogP contribution < -0.4 is 0 Å². The highest BCUT2D eigenvalue weighted by Crippen LogP contribution is 2.34. The fourth-order valence-electron chi connectivity index (χ4n) is 3.20. The van der Waals surface area contributed by atoms with Crippen molar-refractivity contribution in [1.82, 2.24) is 19.9 Å². The van der Waals surface area contributed by atoms with Gasteiger partial charge in [-0.3, -0.25) is 9.97 Å². The second kappa shape index (κ2) is 8.71. The summed E-state index contributed by atoms with van der Waals surface area (Å²) in [4.78, 5) is 17.9.